The molecule has 0 radical (unpaired) electrons. The Bertz CT molecular complexity index is 503. The molecule has 1 aromatic carbocycles. The summed E-state index contributed by atoms with van der Waals surface area (Å²) >= 11 is 0. The molecule has 23 heavy (non-hydrogen) atoms. The summed E-state index contributed by atoms with van der Waals surface area (Å²) in [5, 5.41) is 0. The third-order valence-electron chi connectivity index (χ3n) is 3.53. The predicted molar refractivity (Wildman–Crippen MR) is 90.3 cm³/mol. The second kappa shape index (κ2) is 7.95. The Balaban J connectivity index is 2.02. The summed E-state index contributed by atoms with van der Waals surface area (Å²) < 4.78 is 17.3. The standard InChI is InChI=1S/C17H26BNO4/c1-17(2,3)21-16(20)12-15-11-14(9-10-19)22-18(23-15)13-7-5-4-6-8-13/h4-8,14-15H,9-12,19H2,1-3H3. The molecule has 6 heteroatoms. The molecule has 1 aliphatic heterocycles. The van der Waals surface area contributed by atoms with Gasteiger partial charge in [0.2, 0.25) is 0 Å². The number of rotatable bonds is 5. The van der Waals surface area contributed by atoms with Crippen LogP contribution in [0.15, 0.2) is 30.3 Å². The monoisotopic (exact) mass is 319 g/mol. The van der Waals surface area contributed by atoms with Gasteiger partial charge in [-0.05, 0) is 45.6 Å². The highest BCUT2D eigenvalue weighted by molar-refractivity contribution is 6.61. The van der Waals surface area contributed by atoms with E-state index in [4.69, 9.17) is 19.8 Å². The van der Waals surface area contributed by atoms with Gasteiger partial charge in [0.1, 0.15) is 5.60 Å². The SMILES string of the molecule is CC(C)(C)OC(=O)CC1CC(CCN)OB(c2ccccc2)O1. The van der Waals surface area contributed by atoms with Gasteiger partial charge in [0.05, 0.1) is 12.5 Å². The van der Waals surface area contributed by atoms with Gasteiger partial charge in [-0.15, -0.1) is 0 Å². The van der Waals surface area contributed by atoms with Crippen molar-refractivity contribution in [2.24, 2.45) is 5.73 Å². The Morgan fingerprint density at radius 1 is 1.26 bits per heavy atom. The lowest BCUT2D eigenvalue weighted by atomic mass is 9.76. The van der Waals surface area contributed by atoms with E-state index >= 15 is 0 Å². The van der Waals surface area contributed by atoms with Crippen LogP contribution >= 0.6 is 0 Å². The van der Waals surface area contributed by atoms with Gasteiger partial charge in [-0.2, -0.15) is 0 Å². The van der Waals surface area contributed by atoms with Gasteiger partial charge >= 0.3 is 13.1 Å². The fraction of sp³-hybridized carbons (Fsp3) is 0.588. The minimum absolute atomic E-state index is 0.00797. The zero-order valence-electron chi connectivity index (χ0n) is 14.2. The maximum absolute atomic E-state index is 12.1. The fourth-order valence-electron chi connectivity index (χ4n) is 2.63. The van der Waals surface area contributed by atoms with E-state index in [9.17, 15) is 4.79 Å². The normalized spacial score (nSPS) is 22.0. The molecule has 1 aliphatic rings. The maximum atomic E-state index is 12.1. The molecular weight excluding hydrogens is 293 g/mol. The summed E-state index contributed by atoms with van der Waals surface area (Å²) in [5.74, 6) is -0.247. The lowest BCUT2D eigenvalue weighted by molar-refractivity contribution is -0.157. The summed E-state index contributed by atoms with van der Waals surface area (Å²) in [6.07, 6.45) is 1.40. The van der Waals surface area contributed by atoms with Crippen LogP contribution in [-0.4, -0.2) is 37.4 Å². The van der Waals surface area contributed by atoms with Crippen LogP contribution < -0.4 is 11.2 Å². The van der Waals surface area contributed by atoms with E-state index in [0.29, 0.717) is 13.0 Å². The molecule has 2 N–H and O–H groups in total. The van der Waals surface area contributed by atoms with Crippen LogP contribution in [0.25, 0.3) is 0 Å². The zero-order chi connectivity index (χ0) is 16.9. The molecule has 0 saturated carbocycles. The van der Waals surface area contributed by atoms with E-state index in [1.807, 2.05) is 51.1 Å². The summed E-state index contributed by atoms with van der Waals surface area (Å²) in [6.45, 7) is 6.13. The molecule has 0 spiro atoms. The van der Waals surface area contributed by atoms with Gasteiger partial charge in [0.15, 0.2) is 0 Å². The molecule has 2 atom stereocenters. The summed E-state index contributed by atoms with van der Waals surface area (Å²) in [4.78, 5) is 12.1. The average Bonchev–Trinajstić information content (AvgIpc) is 2.46. The Morgan fingerprint density at radius 2 is 1.91 bits per heavy atom. The molecule has 1 heterocycles. The zero-order valence-corrected chi connectivity index (χ0v) is 14.2. The van der Waals surface area contributed by atoms with Gasteiger partial charge in [0.25, 0.3) is 0 Å². The first-order valence-electron chi connectivity index (χ1n) is 8.15. The van der Waals surface area contributed by atoms with Gasteiger partial charge < -0.3 is 19.8 Å². The molecular formula is C17H26BNO4. The Labute approximate surface area is 138 Å². The largest absolute Gasteiger partial charge is 0.494 e. The quantitative estimate of drug-likeness (QED) is 0.660. The van der Waals surface area contributed by atoms with E-state index in [1.165, 1.54) is 0 Å². The van der Waals surface area contributed by atoms with Gasteiger partial charge in [-0.3, -0.25) is 4.79 Å². The highest BCUT2D eigenvalue weighted by Gasteiger charge is 2.36. The van der Waals surface area contributed by atoms with E-state index in [1.54, 1.807) is 0 Å². The minimum atomic E-state index is -0.488. The molecule has 1 fully saturated rings. The Hall–Kier alpha value is -1.37. The first-order valence-corrected chi connectivity index (χ1v) is 8.15. The summed E-state index contributed by atoms with van der Waals surface area (Å²) in [6, 6.07) is 9.75. The molecule has 0 bridgehead atoms. The first-order chi connectivity index (χ1) is 10.9. The number of esters is 1. The van der Waals surface area contributed by atoms with Crippen molar-refractivity contribution in [3.8, 4) is 0 Å². The number of nitrogens with two attached hydrogens (primary N) is 1. The topological polar surface area (TPSA) is 70.8 Å². The van der Waals surface area contributed by atoms with Gasteiger partial charge in [-0.25, -0.2) is 0 Å². The first kappa shape index (κ1) is 18.0. The van der Waals surface area contributed by atoms with E-state index < -0.39 is 12.7 Å². The molecule has 1 aromatic rings. The number of carbonyl (C=O) groups excluding carboxylic acids is 1. The van der Waals surface area contributed by atoms with Crippen LogP contribution in [0.1, 0.15) is 40.0 Å². The van der Waals surface area contributed by atoms with Crippen LogP contribution in [0.4, 0.5) is 0 Å². The molecule has 0 aliphatic carbocycles. The molecule has 1 saturated heterocycles. The van der Waals surface area contributed by atoms with Crippen LogP contribution in [0.2, 0.25) is 0 Å². The number of benzene rings is 1. The second-order valence-electron chi connectivity index (χ2n) is 6.86. The number of hydrogen-bond acceptors (Lipinski definition) is 5. The Morgan fingerprint density at radius 3 is 2.52 bits per heavy atom. The van der Waals surface area contributed by atoms with Crippen LogP contribution in [0.3, 0.4) is 0 Å². The molecule has 2 rings (SSSR count). The van der Waals surface area contributed by atoms with Crippen molar-refractivity contribution in [3.63, 3.8) is 0 Å². The number of carbonyl (C=O) groups is 1. The lowest BCUT2D eigenvalue weighted by Crippen LogP contribution is -2.49. The molecule has 5 nitrogen and oxygen atoms in total. The average molecular weight is 319 g/mol. The smallest absolute Gasteiger partial charge is 0.460 e. The third kappa shape index (κ3) is 5.97. The number of ether oxygens (including phenoxy) is 1. The summed E-state index contributed by atoms with van der Waals surface area (Å²) in [5.41, 5.74) is 6.12. The predicted octanol–water partition coefficient (Wildman–Crippen LogP) is 1.64. The maximum Gasteiger partial charge on any atom is 0.494 e. The van der Waals surface area contributed by atoms with Gasteiger partial charge in [-0.1, -0.05) is 30.3 Å². The van der Waals surface area contributed by atoms with E-state index in [2.05, 4.69) is 0 Å². The van der Waals surface area contributed by atoms with Crippen molar-refractivity contribution in [3.05, 3.63) is 30.3 Å². The molecule has 126 valence electrons. The van der Waals surface area contributed by atoms with Crippen LogP contribution in [-0.2, 0) is 18.8 Å². The highest BCUT2D eigenvalue weighted by atomic mass is 16.6. The van der Waals surface area contributed by atoms with E-state index in [0.717, 1.165) is 11.9 Å². The second-order valence-corrected chi connectivity index (χ2v) is 6.86. The third-order valence-corrected chi connectivity index (χ3v) is 3.53. The van der Waals surface area contributed by atoms with Crippen molar-refractivity contribution in [2.45, 2.75) is 57.8 Å². The molecule has 0 aromatic heterocycles. The van der Waals surface area contributed by atoms with Crippen molar-refractivity contribution >= 4 is 18.6 Å². The number of hydrogen-bond donors (Lipinski definition) is 1. The minimum Gasteiger partial charge on any atom is -0.460 e. The van der Waals surface area contributed by atoms with Crippen molar-refractivity contribution < 1.29 is 18.8 Å². The fourth-order valence-corrected chi connectivity index (χ4v) is 2.63. The highest BCUT2D eigenvalue weighted by Crippen LogP contribution is 2.22. The molecule has 2 unspecified atom stereocenters. The summed E-state index contributed by atoms with van der Waals surface area (Å²) in [7, 11) is -0.464. The van der Waals surface area contributed by atoms with Crippen molar-refractivity contribution in [2.75, 3.05) is 6.54 Å². The van der Waals surface area contributed by atoms with Gasteiger partial charge in [0, 0.05) is 6.10 Å². The molecule has 0 amide bonds. The van der Waals surface area contributed by atoms with Crippen LogP contribution in [0, 0.1) is 0 Å². The lowest BCUT2D eigenvalue weighted by Gasteiger charge is -2.34. The van der Waals surface area contributed by atoms with E-state index in [-0.39, 0.29) is 24.6 Å². The van der Waals surface area contributed by atoms with Crippen LogP contribution in [0.5, 0.6) is 0 Å². The van der Waals surface area contributed by atoms with Crippen molar-refractivity contribution in [1.29, 1.82) is 0 Å². The van der Waals surface area contributed by atoms with Crippen molar-refractivity contribution in [1.82, 2.24) is 0 Å². The Kier molecular flexibility index (Phi) is 6.21.